The minimum absolute atomic E-state index is 0.236. The Kier molecular flexibility index (Phi) is 4.56. The molecular weight excluding hydrogens is 193 g/mol. The van der Waals surface area contributed by atoms with Crippen LogP contribution in [0.15, 0.2) is 18.2 Å². The molecule has 0 heterocycles. The minimum Gasteiger partial charge on any atom is -0.497 e. The summed E-state index contributed by atoms with van der Waals surface area (Å²) in [7, 11) is 1.56. The van der Waals surface area contributed by atoms with Crippen LogP contribution in [0.3, 0.4) is 0 Å². The van der Waals surface area contributed by atoms with Crippen molar-refractivity contribution in [1.29, 1.82) is 0 Å². The van der Waals surface area contributed by atoms with Crippen molar-refractivity contribution in [3.63, 3.8) is 0 Å². The van der Waals surface area contributed by atoms with Gasteiger partial charge < -0.3 is 10.5 Å². The van der Waals surface area contributed by atoms with E-state index < -0.39 is 0 Å². The van der Waals surface area contributed by atoms with Crippen LogP contribution < -0.4 is 10.5 Å². The van der Waals surface area contributed by atoms with Crippen molar-refractivity contribution >= 4 is 0 Å². The van der Waals surface area contributed by atoms with Gasteiger partial charge in [0.15, 0.2) is 0 Å². The number of nitrogens with two attached hydrogens (primary N) is 1. The molecule has 84 valence electrons. The molecule has 3 heteroatoms. The lowest BCUT2D eigenvalue weighted by atomic mass is 10.0. The molecule has 0 aliphatic heterocycles. The van der Waals surface area contributed by atoms with Crippen molar-refractivity contribution in [2.24, 2.45) is 5.73 Å². The quantitative estimate of drug-likeness (QED) is 0.812. The summed E-state index contributed by atoms with van der Waals surface area (Å²) in [6, 6.07) is 4.45. The molecule has 0 bridgehead atoms. The topological polar surface area (TPSA) is 35.2 Å². The second-order valence-electron chi connectivity index (χ2n) is 3.64. The number of halogens is 1. The van der Waals surface area contributed by atoms with Crippen LogP contribution in [0, 0.1) is 5.82 Å². The first-order valence-electron chi connectivity index (χ1n) is 5.28. The van der Waals surface area contributed by atoms with Crippen molar-refractivity contribution in [2.45, 2.75) is 32.2 Å². The molecule has 0 saturated carbocycles. The third kappa shape index (κ3) is 3.20. The fraction of sp³-hybridized carbons (Fsp3) is 0.500. The fourth-order valence-electron chi connectivity index (χ4n) is 1.51. The average molecular weight is 211 g/mol. The van der Waals surface area contributed by atoms with Crippen LogP contribution in [0.4, 0.5) is 4.39 Å². The third-order valence-electron chi connectivity index (χ3n) is 2.47. The molecule has 0 aromatic heterocycles. The van der Waals surface area contributed by atoms with Crippen LogP contribution in [0.2, 0.25) is 0 Å². The number of methoxy groups -OCH3 is 1. The molecule has 1 atom stereocenters. The Morgan fingerprint density at radius 2 is 2.20 bits per heavy atom. The third-order valence-corrected chi connectivity index (χ3v) is 2.47. The van der Waals surface area contributed by atoms with Gasteiger partial charge in [0, 0.05) is 11.6 Å². The smallest absolute Gasteiger partial charge is 0.128 e. The van der Waals surface area contributed by atoms with Crippen molar-refractivity contribution < 1.29 is 9.13 Å². The van der Waals surface area contributed by atoms with Gasteiger partial charge in [0.05, 0.1) is 7.11 Å². The summed E-state index contributed by atoms with van der Waals surface area (Å²) in [5.41, 5.74) is 6.45. The highest BCUT2D eigenvalue weighted by atomic mass is 19.1. The maximum absolute atomic E-state index is 13.4. The molecule has 1 rings (SSSR count). The molecule has 0 saturated heterocycles. The SMILES string of the molecule is CCCC[C@H](N)c1cc(OC)ccc1F. The van der Waals surface area contributed by atoms with E-state index in [1.54, 1.807) is 19.2 Å². The van der Waals surface area contributed by atoms with Crippen LogP contribution in [0.25, 0.3) is 0 Å². The molecule has 0 unspecified atom stereocenters. The van der Waals surface area contributed by atoms with Gasteiger partial charge in [-0.25, -0.2) is 4.39 Å². The molecule has 0 spiro atoms. The van der Waals surface area contributed by atoms with E-state index in [-0.39, 0.29) is 11.9 Å². The van der Waals surface area contributed by atoms with Crippen molar-refractivity contribution in [2.75, 3.05) is 7.11 Å². The van der Waals surface area contributed by atoms with E-state index in [4.69, 9.17) is 10.5 Å². The Morgan fingerprint density at radius 1 is 1.47 bits per heavy atom. The molecule has 2 N–H and O–H groups in total. The summed E-state index contributed by atoms with van der Waals surface area (Å²) < 4.78 is 18.5. The number of ether oxygens (including phenoxy) is 1. The van der Waals surface area contributed by atoms with Gasteiger partial charge in [-0.15, -0.1) is 0 Å². The van der Waals surface area contributed by atoms with E-state index >= 15 is 0 Å². The average Bonchev–Trinajstić information content (AvgIpc) is 2.26. The van der Waals surface area contributed by atoms with Crippen molar-refractivity contribution in [1.82, 2.24) is 0 Å². The van der Waals surface area contributed by atoms with Gasteiger partial charge in [0.1, 0.15) is 11.6 Å². The van der Waals surface area contributed by atoms with Crippen LogP contribution in [-0.4, -0.2) is 7.11 Å². The highest BCUT2D eigenvalue weighted by Crippen LogP contribution is 2.24. The zero-order valence-corrected chi connectivity index (χ0v) is 9.29. The predicted molar refractivity (Wildman–Crippen MR) is 59.4 cm³/mol. The van der Waals surface area contributed by atoms with Gasteiger partial charge in [-0.05, 0) is 24.6 Å². The van der Waals surface area contributed by atoms with E-state index in [2.05, 4.69) is 6.92 Å². The lowest BCUT2D eigenvalue weighted by Gasteiger charge is -2.13. The predicted octanol–water partition coefficient (Wildman–Crippen LogP) is 3.02. The van der Waals surface area contributed by atoms with Gasteiger partial charge >= 0.3 is 0 Å². The minimum atomic E-state index is -0.251. The lowest BCUT2D eigenvalue weighted by molar-refractivity contribution is 0.411. The van der Waals surface area contributed by atoms with E-state index in [9.17, 15) is 4.39 Å². The van der Waals surface area contributed by atoms with Gasteiger partial charge in [-0.1, -0.05) is 19.8 Å². The zero-order chi connectivity index (χ0) is 11.3. The summed E-state index contributed by atoms with van der Waals surface area (Å²) in [5.74, 6) is 0.401. The van der Waals surface area contributed by atoms with Crippen LogP contribution >= 0.6 is 0 Å². The lowest BCUT2D eigenvalue weighted by Crippen LogP contribution is -2.12. The molecule has 0 aliphatic rings. The number of benzene rings is 1. The van der Waals surface area contributed by atoms with Gasteiger partial charge in [0.25, 0.3) is 0 Å². The van der Waals surface area contributed by atoms with Crippen LogP contribution in [0.5, 0.6) is 5.75 Å². The van der Waals surface area contributed by atoms with Gasteiger partial charge in [0.2, 0.25) is 0 Å². The Bertz CT molecular complexity index is 314. The number of hydrogen-bond acceptors (Lipinski definition) is 2. The first-order chi connectivity index (χ1) is 7.19. The monoisotopic (exact) mass is 211 g/mol. The number of hydrogen-bond donors (Lipinski definition) is 1. The van der Waals surface area contributed by atoms with Crippen LogP contribution in [-0.2, 0) is 0 Å². The normalized spacial score (nSPS) is 12.5. The van der Waals surface area contributed by atoms with E-state index in [0.29, 0.717) is 11.3 Å². The molecule has 0 fully saturated rings. The maximum Gasteiger partial charge on any atom is 0.128 e. The second kappa shape index (κ2) is 5.71. The van der Waals surface area contributed by atoms with E-state index in [0.717, 1.165) is 19.3 Å². The highest BCUT2D eigenvalue weighted by Gasteiger charge is 2.11. The summed E-state index contributed by atoms with van der Waals surface area (Å²) in [4.78, 5) is 0. The first-order valence-corrected chi connectivity index (χ1v) is 5.28. The maximum atomic E-state index is 13.4. The molecule has 2 nitrogen and oxygen atoms in total. The number of unbranched alkanes of at least 4 members (excludes halogenated alkanes) is 1. The van der Waals surface area contributed by atoms with Crippen molar-refractivity contribution in [3.8, 4) is 5.75 Å². The molecule has 1 aromatic rings. The Labute approximate surface area is 90.2 Å². The molecule has 0 aliphatic carbocycles. The molecule has 0 radical (unpaired) electrons. The van der Waals surface area contributed by atoms with Crippen LogP contribution in [0.1, 0.15) is 37.8 Å². The zero-order valence-electron chi connectivity index (χ0n) is 9.29. The van der Waals surface area contributed by atoms with E-state index in [1.807, 2.05) is 0 Å². The Morgan fingerprint density at radius 3 is 2.80 bits per heavy atom. The van der Waals surface area contributed by atoms with Gasteiger partial charge in [-0.2, -0.15) is 0 Å². The van der Waals surface area contributed by atoms with E-state index in [1.165, 1.54) is 6.07 Å². The Hall–Kier alpha value is -1.09. The molecule has 0 amide bonds. The standard InChI is InChI=1S/C12H18FNO/c1-3-4-5-12(14)10-8-9(15-2)6-7-11(10)13/h6-8,12H,3-5,14H2,1-2H3/t12-/m0/s1. The molecular formula is C12H18FNO. The molecule has 15 heavy (non-hydrogen) atoms. The Balaban J connectivity index is 2.81. The second-order valence-corrected chi connectivity index (χ2v) is 3.64. The fourth-order valence-corrected chi connectivity index (χ4v) is 1.51. The first kappa shape index (κ1) is 12.0. The summed E-state index contributed by atoms with van der Waals surface area (Å²) in [5, 5.41) is 0. The molecule has 1 aromatic carbocycles. The summed E-state index contributed by atoms with van der Waals surface area (Å²) in [6.07, 6.45) is 2.89. The largest absolute Gasteiger partial charge is 0.497 e. The summed E-state index contributed by atoms with van der Waals surface area (Å²) in [6.45, 7) is 2.09. The highest BCUT2D eigenvalue weighted by molar-refractivity contribution is 5.31. The summed E-state index contributed by atoms with van der Waals surface area (Å²) >= 11 is 0. The number of rotatable bonds is 5. The van der Waals surface area contributed by atoms with Crippen molar-refractivity contribution in [3.05, 3.63) is 29.6 Å². The van der Waals surface area contributed by atoms with Gasteiger partial charge in [-0.3, -0.25) is 0 Å².